The summed E-state index contributed by atoms with van der Waals surface area (Å²) >= 11 is 0. The Hall–Kier alpha value is -0.890. The summed E-state index contributed by atoms with van der Waals surface area (Å²) in [7, 11) is 0. The Morgan fingerprint density at radius 1 is 1.27 bits per heavy atom. The molecule has 0 bridgehead atoms. The first-order valence-corrected chi connectivity index (χ1v) is 5.62. The van der Waals surface area contributed by atoms with Crippen molar-refractivity contribution < 1.29 is 4.39 Å². The summed E-state index contributed by atoms with van der Waals surface area (Å²) in [6, 6.07) is 6.78. The number of rotatable bonds is 5. The lowest BCUT2D eigenvalue weighted by atomic mass is 9.87. The molecule has 0 amide bonds. The molecule has 1 unspecified atom stereocenters. The van der Waals surface area contributed by atoms with Gasteiger partial charge in [-0.15, -0.1) is 0 Å². The molecule has 2 heteroatoms. The topological polar surface area (TPSA) is 26.0 Å². The molecule has 0 saturated carbocycles. The molecule has 1 atom stereocenters. The molecule has 0 spiro atoms. The maximum absolute atomic E-state index is 13.5. The first kappa shape index (κ1) is 12.2. The van der Waals surface area contributed by atoms with Crippen LogP contribution in [0.4, 0.5) is 4.39 Å². The first-order valence-electron chi connectivity index (χ1n) is 5.62. The molecule has 0 saturated heterocycles. The molecule has 0 heterocycles. The van der Waals surface area contributed by atoms with E-state index in [4.69, 9.17) is 5.73 Å². The van der Waals surface area contributed by atoms with Gasteiger partial charge in [-0.2, -0.15) is 0 Å². The summed E-state index contributed by atoms with van der Waals surface area (Å²) in [5.74, 6) is -0.195. The first-order chi connectivity index (χ1) is 7.08. The van der Waals surface area contributed by atoms with Crippen LogP contribution in [0.25, 0.3) is 0 Å². The fourth-order valence-electron chi connectivity index (χ4n) is 1.80. The normalized spacial score (nSPS) is 14.9. The Morgan fingerprint density at radius 2 is 1.93 bits per heavy atom. The van der Waals surface area contributed by atoms with Crippen LogP contribution in [0.15, 0.2) is 24.3 Å². The molecule has 15 heavy (non-hydrogen) atoms. The van der Waals surface area contributed by atoms with Gasteiger partial charge in [0.2, 0.25) is 0 Å². The summed E-state index contributed by atoms with van der Waals surface area (Å²) in [6.07, 6.45) is 4.20. The van der Waals surface area contributed by atoms with Crippen LogP contribution in [-0.2, 0) is 5.54 Å². The molecular formula is C13H20FN. The number of hydrogen-bond acceptors (Lipinski definition) is 1. The molecule has 0 fully saturated rings. The highest BCUT2D eigenvalue weighted by molar-refractivity contribution is 5.24. The third-order valence-corrected chi connectivity index (χ3v) is 2.79. The lowest BCUT2D eigenvalue weighted by Crippen LogP contribution is -2.33. The number of benzene rings is 1. The average molecular weight is 209 g/mol. The fraction of sp³-hybridized carbons (Fsp3) is 0.538. The Balaban J connectivity index is 2.72. The molecule has 0 aliphatic heterocycles. The third-order valence-electron chi connectivity index (χ3n) is 2.79. The predicted molar refractivity (Wildman–Crippen MR) is 62.1 cm³/mol. The second-order valence-electron chi connectivity index (χ2n) is 4.35. The monoisotopic (exact) mass is 209 g/mol. The van der Waals surface area contributed by atoms with E-state index in [1.807, 2.05) is 13.0 Å². The lowest BCUT2D eigenvalue weighted by molar-refractivity contribution is 0.407. The highest BCUT2D eigenvalue weighted by Crippen LogP contribution is 2.26. The zero-order valence-corrected chi connectivity index (χ0v) is 9.59. The van der Waals surface area contributed by atoms with Gasteiger partial charge in [0, 0.05) is 11.1 Å². The van der Waals surface area contributed by atoms with Gasteiger partial charge in [0.05, 0.1) is 0 Å². The molecule has 0 aliphatic rings. The summed E-state index contributed by atoms with van der Waals surface area (Å²) < 4.78 is 13.5. The summed E-state index contributed by atoms with van der Waals surface area (Å²) in [4.78, 5) is 0. The molecule has 2 N–H and O–H groups in total. The van der Waals surface area contributed by atoms with Crippen molar-refractivity contribution in [2.45, 2.75) is 45.1 Å². The maximum Gasteiger partial charge on any atom is 0.128 e. The van der Waals surface area contributed by atoms with Gasteiger partial charge in [0.25, 0.3) is 0 Å². The molecule has 1 rings (SSSR count). The van der Waals surface area contributed by atoms with Gasteiger partial charge in [-0.05, 0) is 19.4 Å². The fourth-order valence-corrected chi connectivity index (χ4v) is 1.80. The number of halogens is 1. The average Bonchev–Trinajstić information content (AvgIpc) is 2.18. The molecule has 1 nitrogen and oxygen atoms in total. The van der Waals surface area contributed by atoms with Crippen LogP contribution < -0.4 is 5.73 Å². The van der Waals surface area contributed by atoms with Crippen molar-refractivity contribution in [3.8, 4) is 0 Å². The van der Waals surface area contributed by atoms with Gasteiger partial charge in [-0.25, -0.2) is 4.39 Å². The van der Waals surface area contributed by atoms with E-state index in [0.717, 1.165) is 25.7 Å². The van der Waals surface area contributed by atoms with E-state index in [9.17, 15) is 4.39 Å². The molecule has 0 radical (unpaired) electrons. The highest BCUT2D eigenvalue weighted by atomic mass is 19.1. The summed E-state index contributed by atoms with van der Waals surface area (Å²) in [6.45, 7) is 4.05. The van der Waals surface area contributed by atoms with Crippen molar-refractivity contribution in [1.29, 1.82) is 0 Å². The second kappa shape index (κ2) is 5.26. The van der Waals surface area contributed by atoms with Gasteiger partial charge in [0.1, 0.15) is 5.82 Å². The van der Waals surface area contributed by atoms with Crippen LogP contribution in [0.3, 0.4) is 0 Å². The Kier molecular flexibility index (Phi) is 4.28. The zero-order valence-electron chi connectivity index (χ0n) is 9.59. The number of unbranched alkanes of at least 4 members (excludes halogenated alkanes) is 2. The Labute approximate surface area is 91.5 Å². The highest BCUT2D eigenvalue weighted by Gasteiger charge is 2.23. The van der Waals surface area contributed by atoms with E-state index < -0.39 is 5.54 Å². The molecule has 84 valence electrons. The zero-order chi connectivity index (χ0) is 11.3. The number of nitrogens with two attached hydrogens (primary N) is 1. The van der Waals surface area contributed by atoms with Crippen molar-refractivity contribution in [3.05, 3.63) is 35.6 Å². The van der Waals surface area contributed by atoms with Crippen LogP contribution in [0, 0.1) is 5.82 Å². The predicted octanol–water partition coefficient (Wildman–Crippen LogP) is 3.58. The SMILES string of the molecule is CCCCCC(C)(N)c1ccccc1F. The molecule has 1 aromatic rings. The quantitative estimate of drug-likeness (QED) is 0.737. The van der Waals surface area contributed by atoms with Crippen LogP contribution >= 0.6 is 0 Å². The molecular weight excluding hydrogens is 189 g/mol. The van der Waals surface area contributed by atoms with E-state index in [2.05, 4.69) is 6.92 Å². The van der Waals surface area contributed by atoms with Crippen molar-refractivity contribution >= 4 is 0 Å². The van der Waals surface area contributed by atoms with E-state index >= 15 is 0 Å². The largest absolute Gasteiger partial charge is 0.322 e. The number of hydrogen-bond donors (Lipinski definition) is 1. The summed E-state index contributed by atoms with van der Waals surface area (Å²) in [5.41, 5.74) is 6.22. The van der Waals surface area contributed by atoms with E-state index in [-0.39, 0.29) is 5.82 Å². The Morgan fingerprint density at radius 3 is 2.53 bits per heavy atom. The van der Waals surface area contributed by atoms with Gasteiger partial charge in [-0.1, -0.05) is 44.4 Å². The molecule has 1 aromatic carbocycles. The van der Waals surface area contributed by atoms with Gasteiger partial charge in [-0.3, -0.25) is 0 Å². The maximum atomic E-state index is 13.5. The summed E-state index contributed by atoms with van der Waals surface area (Å²) in [5, 5.41) is 0. The lowest BCUT2D eigenvalue weighted by Gasteiger charge is -2.25. The minimum Gasteiger partial charge on any atom is -0.322 e. The van der Waals surface area contributed by atoms with Crippen molar-refractivity contribution in [3.63, 3.8) is 0 Å². The van der Waals surface area contributed by atoms with Gasteiger partial charge >= 0.3 is 0 Å². The van der Waals surface area contributed by atoms with Crippen molar-refractivity contribution in [1.82, 2.24) is 0 Å². The van der Waals surface area contributed by atoms with Crippen LogP contribution in [0.2, 0.25) is 0 Å². The van der Waals surface area contributed by atoms with Crippen LogP contribution in [0.1, 0.15) is 45.1 Å². The Bertz CT molecular complexity index is 307. The van der Waals surface area contributed by atoms with Crippen LogP contribution in [-0.4, -0.2) is 0 Å². The van der Waals surface area contributed by atoms with E-state index in [1.54, 1.807) is 12.1 Å². The van der Waals surface area contributed by atoms with Gasteiger partial charge < -0.3 is 5.73 Å². The third kappa shape index (κ3) is 3.31. The minimum absolute atomic E-state index is 0.195. The standard InChI is InChI=1S/C13H20FN/c1-3-4-7-10-13(2,15)11-8-5-6-9-12(11)14/h5-6,8-9H,3-4,7,10,15H2,1-2H3. The van der Waals surface area contributed by atoms with E-state index in [1.165, 1.54) is 6.07 Å². The van der Waals surface area contributed by atoms with Crippen LogP contribution in [0.5, 0.6) is 0 Å². The smallest absolute Gasteiger partial charge is 0.128 e. The minimum atomic E-state index is -0.541. The molecule has 0 aliphatic carbocycles. The molecule has 0 aromatic heterocycles. The van der Waals surface area contributed by atoms with Gasteiger partial charge in [0.15, 0.2) is 0 Å². The van der Waals surface area contributed by atoms with Crippen molar-refractivity contribution in [2.24, 2.45) is 5.73 Å². The second-order valence-corrected chi connectivity index (χ2v) is 4.35. The van der Waals surface area contributed by atoms with Crippen molar-refractivity contribution in [2.75, 3.05) is 0 Å². The van der Waals surface area contributed by atoms with E-state index in [0.29, 0.717) is 5.56 Å².